The molecule has 2 aromatic carbocycles. The van der Waals surface area contributed by atoms with Gasteiger partial charge in [-0.3, -0.25) is 4.79 Å². The molecule has 0 aromatic heterocycles. The summed E-state index contributed by atoms with van der Waals surface area (Å²) in [7, 11) is -4.22. The Labute approximate surface area is 159 Å². The molecule has 0 unspecified atom stereocenters. The Hall–Kier alpha value is -2.26. The van der Waals surface area contributed by atoms with Crippen molar-refractivity contribution in [2.24, 2.45) is 5.92 Å². The van der Waals surface area contributed by atoms with Crippen LogP contribution in [0.25, 0.3) is 0 Å². The summed E-state index contributed by atoms with van der Waals surface area (Å²) < 4.78 is 78.4. The molecule has 0 radical (unpaired) electrons. The Morgan fingerprint density at radius 3 is 2.18 bits per heavy atom. The summed E-state index contributed by atoms with van der Waals surface area (Å²) in [6.45, 7) is 0.00853. The van der Waals surface area contributed by atoms with Crippen LogP contribution < -0.4 is 0 Å². The van der Waals surface area contributed by atoms with Gasteiger partial charge < -0.3 is 0 Å². The third-order valence-corrected chi connectivity index (χ3v) is 6.66. The highest BCUT2D eigenvalue weighted by molar-refractivity contribution is 7.89. The van der Waals surface area contributed by atoms with Gasteiger partial charge in [-0.1, -0.05) is 30.3 Å². The average Bonchev–Trinajstić information content (AvgIpc) is 2.67. The molecule has 0 saturated carbocycles. The van der Waals surface area contributed by atoms with Crippen LogP contribution >= 0.6 is 0 Å². The van der Waals surface area contributed by atoms with E-state index in [-0.39, 0.29) is 37.6 Å². The van der Waals surface area contributed by atoms with E-state index in [2.05, 4.69) is 0 Å². The number of hydrogen-bond donors (Lipinski definition) is 0. The molecule has 0 aliphatic carbocycles. The minimum Gasteiger partial charge on any atom is -0.294 e. The van der Waals surface area contributed by atoms with Crippen molar-refractivity contribution >= 4 is 15.8 Å². The number of sulfonamides is 1. The number of alkyl halides is 3. The minimum atomic E-state index is -5.00. The van der Waals surface area contributed by atoms with Crippen molar-refractivity contribution in [2.45, 2.75) is 23.9 Å². The maximum atomic E-state index is 13.4. The van der Waals surface area contributed by atoms with Crippen LogP contribution in [0.5, 0.6) is 0 Å². The Morgan fingerprint density at radius 1 is 1.00 bits per heavy atom. The van der Waals surface area contributed by atoms with Crippen LogP contribution in [0.2, 0.25) is 0 Å². The van der Waals surface area contributed by atoms with E-state index in [1.165, 1.54) is 0 Å². The topological polar surface area (TPSA) is 54.5 Å². The third kappa shape index (κ3) is 4.10. The number of piperidine rings is 1. The van der Waals surface area contributed by atoms with Gasteiger partial charge in [-0.2, -0.15) is 17.5 Å². The second-order valence-corrected chi connectivity index (χ2v) is 8.49. The van der Waals surface area contributed by atoms with Gasteiger partial charge in [0, 0.05) is 24.6 Å². The van der Waals surface area contributed by atoms with Crippen LogP contribution in [0.15, 0.2) is 53.4 Å². The van der Waals surface area contributed by atoms with Crippen LogP contribution in [0.1, 0.15) is 28.8 Å². The Bertz CT molecular complexity index is 966. The standard InChI is InChI=1S/C19H17F4NO3S/c20-17-7-6-15(12-16(17)19(21,22)23)28(26,27)24-10-8-14(9-11-24)18(25)13-4-2-1-3-5-13/h1-7,12,14H,8-11H2. The van der Waals surface area contributed by atoms with Crippen molar-refractivity contribution in [3.63, 3.8) is 0 Å². The van der Waals surface area contributed by atoms with Gasteiger partial charge in [-0.05, 0) is 31.0 Å². The van der Waals surface area contributed by atoms with E-state index in [1.807, 2.05) is 0 Å². The van der Waals surface area contributed by atoms with Gasteiger partial charge in [0.05, 0.1) is 10.5 Å². The lowest BCUT2D eigenvalue weighted by Crippen LogP contribution is -2.40. The van der Waals surface area contributed by atoms with Crippen molar-refractivity contribution in [3.8, 4) is 0 Å². The van der Waals surface area contributed by atoms with Gasteiger partial charge in [-0.25, -0.2) is 12.8 Å². The number of Topliss-reactive ketones (excluding diaryl/α,β-unsaturated/α-hetero) is 1. The third-order valence-electron chi connectivity index (χ3n) is 4.76. The predicted octanol–water partition coefficient (Wildman–Crippen LogP) is 4.13. The zero-order valence-electron chi connectivity index (χ0n) is 14.6. The highest BCUT2D eigenvalue weighted by Crippen LogP contribution is 2.34. The normalized spacial score (nSPS) is 16.9. The summed E-state index contributed by atoms with van der Waals surface area (Å²) in [5.74, 6) is -1.97. The van der Waals surface area contributed by atoms with Crippen molar-refractivity contribution in [1.29, 1.82) is 0 Å². The summed E-state index contributed by atoms with van der Waals surface area (Å²) in [5.41, 5.74) is -1.08. The highest BCUT2D eigenvalue weighted by Gasteiger charge is 2.37. The van der Waals surface area contributed by atoms with Crippen LogP contribution in [0.4, 0.5) is 17.6 Å². The summed E-state index contributed by atoms with van der Waals surface area (Å²) in [6.07, 6.45) is -4.47. The molecule has 28 heavy (non-hydrogen) atoms. The monoisotopic (exact) mass is 415 g/mol. The van der Waals surface area contributed by atoms with E-state index in [0.29, 0.717) is 17.7 Å². The van der Waals surface area contributed by atoms with Gasteiger partial charge in [-0.15, -0.1) is 0 Å². The first kappa shape index (κ1) is 20.5. The largest absolute Gasteiger partial charge is 0.419 e. The van der Waals surface area contributed by atoms with Gasteiger partial charge >= 0.3 is 6.18 Å². The number of halogens is 4. The smallest absolute Gasteiger partial charge is 0.294 e. The molecule has 0 bridgehead atoms. The molecule has 1 fully saturated rings. The molecular formula is C19H17F4NO3S. The lowest BCUT2D eigenvalue weighted by atomic mass is 9.90. The number of nitrogens with zero attached hydrogens (tertiary/aromatic N) is 1. The van der Waals surface area contributed by atoms with E-state index in [4.69, 9.17) is 0 Å². The molecule has 1 aliphatic heterocycles. The molecule has 3 rings (SSSR count). The average molecular weight is 415 g/mol. The van der Waals surface area contributed by atoms with E-state index in [1.54, 1.807) is 30.3 Å². The van der Waals surface area contributed by atoms with Gasteiger partial charge in [0.1, 0.15) is 5.82 Å². The number of rotatable bonds is 4. The van der Waals surface area contributed by atoms with Crippen LogP contribution in [-0.2, 0) is 16.2 Å². The predicted molar refractivity (Wildman–Crippen MR) is 93.7 cm³/mol. The number of carbonyl (C=O) groups excluding carboxylic acids is 1. The van der Waals surface area contributed by atoms with Crippen molar-refractivity contribution < 1.29 is 30.8 Å². The van der Waals surface area contributed by atoms with E-state index in [9.17, 15) is 30.8 Å². The molecule has 1 aliphatic rings. The second kappa shape index (κ2) is 7.63. The molecule has 9 heteroatoms. The van der Waals surface area contributed by atoms with Crippen molar-refractivity contribution in [3.05, 3.63) is 65.5 Å². The zero-order chi connectivity index (χ0) is 20.5. The first-order valence-electron chi connectivity index (χ1n) is 8.57. The number of ketones is 1. The first-order valence-corrected chi connectivity index (χ1v) is 10.0. The fourth-order valence-corrected chi connectivity index (χ4v) is 4.72. The van der Waals surface area contributed by atoms with Crippen LogP contribution in [-0.4, -0.2) is 31.6 Å². The summed E-state index contributed by atoms with van der Waals surface area (Å²) >= 11 is 0. The molecule has 4 nitrogen and oxygen atoms in total. The van der Waals surface area contributed by atoms with Gasteiger partial charge in [0.25, 0.3) is 0 Å². The molecule has 2 aromatic rings. The summed E-state index contributed by atoms with van der Waals surface area (Å²) in [5, 5.41) is 0. The summed E-state index contributed by atoms with van der Waals surface area (Å²) in [6, 6.07) is 10.3. The zero-order valence-corrected chi connectivity index (χ0v) is 15.4. The molecule has 0 atom stereocenters. The number of hydrogen-bond acceptors (Lipinski definition) is 3. The SMILES string of the molecule is O=C(c1ccccc1)C1CCN(S(=O)(=O)c2ccc(F)c(C(F)(F)F)c2)CC1. The van der Waals surface area contributed by atoms with Crippen molar-refractivity contribution in [1.82, 2.24) is 4.31 Å². The maximum Gasteiger partial charge on any atom is 0.419 e. The van der Waals surface area contributed by atoms with E-state index >= 15 is 0 Å². The molecular weight excluding hydrogens is 398 g/mol. The highest BCUT2D eigenvalue weighted by atomic mass is 32.2. The number of benzene rings is 2. The first-order chi connectivity index (χ1) is 13.1. The number of carbonyl (C=O) groups is 1. The van der Waals surface area contributed by atoms with Crippen LogP contribution in [0.3, 0.4) is 0 Å². The van der Waals surface area contributed by atoms with Gasteiger partial charge in [0.15, 0.2) is 5.78 Å². The molecule has 1 heterocycles. The Morgan fingerprint density at radius 2 is 1.61 bits per heavy atom. The molecule has 0 spiro atoms. The fourth-order valence-electron chi connectivity index (χ4n) is 3.23. The van der Waals surface area contributed by atoms with Crippen LogP contribution in [0, 0.1) is 11.7 Å². The lowest BCUT2D eigenvalue weighted by Gasteiger charge is -2.30. The Balaban J connectivity index is 1.76. The molecule has 0 N–H and O–H groups in total. The second-order valence-electron chi connectivity index (χ2n) is 6.55. The minimum absolute atomic E-state index is 0.00427. The maximum absolute atomic E-state index is 13.4. The summed E-state index contributed by atoms with van der Waals surface area (Å²) in [4.78, 5) is 11.9. The molecule has 1 saturated heterocycles. The van der Waals surface area contributed by atoms with Gasteiger partial charge in [0.2, 0.25) is 10.0 Å². The fraction of sp³-hybridized carbons (Fsp3) is 0.316. The van der Waals surface area contributed by atoms with E-state index in [0.717, 1.165) is 10.4 Å². The van der Waals surface area contributed by atoms with E-state index < -0.39 is 32.5 Å². The molecule has 150 valence electrons. The molecule has 0 amide bonds. The van der Waals surface area contributed by atoms with Crippen molar-refractivity contribution in [2.75, 3.05) is 13.1 Å². The quantitative estimate of drug-likeness (QED) is 0.558. The lowest BCUT2D eigenvalue weighted by molar-refractivity contribution is -0.140. The Kier molecular flexibility index (Phi) is 5.58.